The van der Waals surface area contributed by atoms with E-state index < -0.39 is 4.92 Å². The molecule has 1 aliphatic heterocycles. The highest BCUT2D eigenvalue weighted by atomic mass is 32.2. The molecule has 1 fully saturated rings. The summed E-state index contributed by atoms with van der Waals surface area (Å²) in [4.78, 5) is 37.4. The number of rotatable bonds is 6. The maximum atomic E-state index is 12.5. The number of amides is 2. The van der Waals surface area contributed by atoms with Gasteiger partial charge < -0.3 is 15.0 Å². The van der Waals surface area contributed by atoms with Crippen LogP contribution < -0.4 is 5.32 Å². The summed E-state index contributed by atoms with van der Waals surface area (Å²) in [6, 6.07) is 12.9. The molecule has 1 saturated heterocycles. The molecule has 0 saturated carbocycles. The van der Waals surface area contributed by atoms with Crippen molar-refractivity contribution >= 4 is 35.0 Å². The fourth-order valence-corrected chi connectivity index (χ4v) is 3.39. The Morgan fingerprint density at radius 2 is 1.86 bits per heavy atom. The van der Waals surface area contributed by atoms with Gasteiger partial charge in [-0.3, -0.25) is 19.7 Å². The second-order valence-electron chi connectivity index (χ2n) is 6.07. The van der Waals surface area contributed by atoms with Gasteiger partial charge in [-0.1, -0.05) is 6.07 Å². The molecule has 9 heteroatoms. The van der Waals surface area contributed by atoms with Crippen LogP contribution in [0, 0.1) is 10.1 Å². The molecule has 1 heterocycles. The highest BCUT2D eigenvalue weighted by molar-refractivity contribution is 8.00. The van der Waals surface area contributed by atoms with E-state index in [1.165, 1.54) is 23.9 Å². The lowest BCUT2D eigenvalue weighted by molar-refractivity contribution is -0.384. The topological polar surface area (TPSA) is 102 Å². The van der Waals surface area contributed by atoms with Crippen LogP contribution in [-0.2, 0) is 9.53 Å². The maximum absolute atomic E-state index is 12.5. The molecular weight excluding hydrogens is 382 g/mol. The van der Waals surface area contributed by atoms with Crippen LogP contribution in [0.15, 0.2) is 53.4 Å². The molecule has 2 amide bonds. The molecule has 0 spiro atoms. The molecular formula is C19H19N3O5S. The van der Waals surface area contributed by atoms with Crippen molar-refractivity contribution in [2.75, 3.05) is 37.4 Å². The number of hydrogen-bond acceptors (Lipinski definition) is 6. The fourth-order valence-electron chi connectivity index (χ4n) is 2.69. The van der Waals surface area contributed by atoms with Crippen LogP contribution in [0.5, 0.6) is 0 Å². The average molecular weight is 401 g/mol. The number of non-ortho nitro benzene ring substituents is 1. The van der Waals surface area contributed by atoms with Gasteiger partial charge in [-0.05, 0) is 30.3 Å². The summed E-state index contributed by atoms with van der Waals surface area (Å²) >= 11 is 1.28. The van der Waals surface area contributed by atoms with E-state index in [-0.39, 0.29) is 23.3 Å². The molecule has 1 N–H and O–H groups in total. The summed E-state index contributed by atoms with van der Waals surface area (Å²) in [6.07, 6.45) is 0. The third-order valence-electron chi connectivity index (χ3n) is 4.11. The number of benzene rings is 2. The van der Waals surface area contributed by atoms with Gasteiger partial charge in [-0.15, -0.1) is 11.8 Å². The molecule has 8 nitrogen and oxygen atoms in total. The summed E-state index contributed by atoms with van der Waals surface area (Å²) in [6.45, 7) is 2.17. The maximum Gasteiger partial charge on any atom is 0.269 e. The monoisotopic (exact) mass is 401 g/mol. The molecule has 0 bridgehead atoms. The summed E-state index contributed by atoms with van der Waals surface area (Å²) in [5.41, 5.74) is 1.08. The van der Waals surface area contributed by atoms with Crippen LogP contribution >= 0.6 is 11.8 Å². The minimum Gasteiger partial charge on any atom is -0.378 e. The summed E-state index contributed by atoms with van der Waals surface area (Å²) in [7, 11) is 0. The lowest BCUT2D eigenvalue weighted by atomic mass is 10.1. The Morgan fingerprint density at radius 1 is 1.14 bits per heavy atom. The van der Waals surface area contributed by atoms with E-state index >= 15 is 0 Å². The van der Waals surface area contributed by atoms with Gasteiger partial charge in [0.25, 0.3) is 11.6 Å². The molecule has 2 aromatic carbocycles. The Hall–Kier alpha value is -2.91. The Labute approximate surface area is 166 Å². The van der Waals surface area contributed by atoms with Gasteiger partial charge >= 0.3 is 0 Å². The molecule has 0 radical (unpaired) electrons. The smallest absolute Gasteiger partial charge is 0.269 e. The van der Waals surface area contributed by atoms with Crippen molar-refractivity contribution < 1.29 is 19.2 Å². The molecule has 3 rings (SSSR count). The van der Waals surface area contributed by atoms with Crippen molar-refractivity contribution in [2.45, 2.75) is 4.90 Å². The van der Waals surface area contributed by atoms with E-state index in [0.29, 0.717) is 37.6 Å². The number of nitrogens with one attached hydrogen (secondary N) is 1. The van der Waals surface area contributed by atoms with E-state index in [9.17, 15) is 19.7 Å². The zero-order valence-electron chi connectivity index (χ0n) is 15.0. The quantitative estimate of drug-likeness (QED) is 0.454. The predicted molar refractivity (Wildman–Crippen MR) is 106 cm³/mol. The van der Waals surface area contributed by atoms with Gasteiger partial charge in [0.05, 0.1) is 23.9 Å². The summed E-state index contributed by atoms with van der Waals surface area (Å²) < 4.78 is 5.26. The lowest BCUT2D eigenvalue weighted by Crippen LogP contribution is -2.40. The van der Waals surface area contributed by atoms with Gasteiger partial charge in [0.15, 0.2) is 0 Å². The minimum absolute atomic E-state index is 0.00977. The predicted octanol–water partition coefficient (Wildman–Crippen LogP) is 2.80. The number of ether oxygens (including phenoxy) is 1. The first-order chi connectivity index (χ1) is 13.5. The molecule has 28 heavy (non-hydrogen) atoms. The Bertz CT molecular complexity index is 866. The fraction of sp³-hybridized carbons (Fsp3) is 0.263. The normalized spacial score (nSPS) is 13.8. The molecule has 0 unspecified atom stereocenters. The zero-order chi connectivity index (χ0) is 19.9. The Morgan fingerprint density at radius 3 is 2.54 bits per heavy atom. The first-order valence-corrected chi connectivity index (χ1v) is 9.66. The highest BCUT2D eigenvalue weighted by Crippen LogP contribution is 2.22. The number of nitro benzene ring substituents is 1. The molecule has 0 aliphatic carbocycles. The number of carbonyl (C=O) groups excluding carboxylic acids is 2. The number of nitrogens with zero attached hydrogens (tertiary/aromatic N) is 2. The van der Waals surface area contributed by atoms with Crippen LogP contribution in [0.25, 0.3) is 0 Å². The second-order valence-corrected chi connectivity index (χ2v) is 7.12. The average Bonchev–Trinajstić information content (AvgIpc) is 2.73. The molecule has 1 aliphatic rings. The van der Waals surface area contributed by atoms with Crippen molar-refractivity contribution in [3.05, 3.63) is 64.2 Å². The largest absolute Gasteiger partial charge is 0.378 e. The molecule has 0 atom stereocenters. The van der Waals surface area contributed by atoms with E-state index in [2.05, 4.69) is 5.32 Å². The first kappa shape index (κ1) is 19.8. The van der Waals surface area contributed by atoms with Gasteiger partial charge in [0, 0.05) is 41.4 Å². The molecule has 2 aromatic rings. The van der Waals surface area contributed by atoms with Crippen LogP contribution in [0.4, 0.5) is 11.4 Å². The van der Waals surface area contributed by atoms with E-state index in [4.69, 9.17) is 4.74 Å². The van der Waals surface area contributed by atoms with E-state index in [1.807, 2.05) is 0 Å². The van der Waals surface area contributed by atoms with Gasteiger partial charge in [0.1, 0.15) is 0 Å². The van der Waals surface area contributed by atoms with Crippen molar-refractivity contribution in [3.8, 4) is 0 Å². The zero-order valence-corrected chi connectivity index (χ0v) is 15.8. The van der Waals surface area contributed by atoms with E-state index in [1.54, 1.807) is 41.3 Å². The van der Waals surface area contributed by atoms with Crippen molar-refractivity contribution in [1.29, 1.82) is 0 Å². The minimum atomic E-state index is -0.466. The van der Waals surface area contributed by atoms with Crippen LogP contribution in [0.1, 0.15) is 10.4 Å². The number of anilines is 1. The third kappa shape index (κ3) is 5.30. The number of thioether (sulfide) groups is 1. The number of nitro groups is 1. The van der Waals surface area contributed by atoms with Crippen molar-refractivity contribution in [1.82, 2.24) is 4.90 Å². The molecule has 146 valence electrons. The standard InChI is InChI=1S/C19H19N3O5S/c23-18(13-28-17-6-4-16(5-7-17)22(25)26)20-15-3-1-2-14(12-15)19(24)21-8-10-27-11-9-21/h1-7,12H,8-11,13H2,(H,20,23). The van der Waals surface area contributed by atoms with Crippen molar-refractivity contribution in [3.63, 3.8) is 0 Å². The number of morpholine rings is 1. The lowest BCUT2D eigenvalue weighted by Gasteiger charge is -2.27. The summed E-state index contributed by atoms with van der Waals surface area (Å²) in [5.74, 6) is -0.154. The number of carbonyl (C=O) groups is 2. The first-order valence-electron chi connectivity index (χ1n) is 8.67. The van der Waals surface area contributed by atoms with E-state index in [0.717, 1.165) is 4.90 Å². The summed E-state index contributed by atoms with van der Waals surface area (Å²) in [5, 5.41) is 13.4. The SMILES string of the molecule is O=C(CSc1ccc([N+](=O)[O-])cc1)Nc1cccc(C(=O)N2CCOCC2)c1. The van der Waals surface area contributed by atoms with Crippen molar-refractivity contribution in [2.24, 2.45) is 0 Å². The Kier molecular flexibility index (Phi) is 6.62. The van der Waals surface area contributed by atoms with Gasteiger partial charge in [-0.2, -0.15) is 0 Å². The van der Waals surface area contributed by atoms with Crippen LogP contribution in [0.2, 0.25) is 0 Å². The van der Waals surface area contributed by atoms with Gasteiger partial charge in [-0.25, -0.2) is 0 Å². The number of hydrogen-bond donors (Lipinski definition) is 1. The van der Waals surface area contributed by atoms with Gasteiger partial charge in [0.2, 0.25) is 5.91 Å². The Balaban J connectivity index is 1.55. The third-order valence-corrected chi connectivity index (χ3v) is 5.12. The highest BCUT2D eigenvalue weighted by Gasteiger charge is 2.18. The second kappa shape index (κ2) is 9.34. The molecule has 0 aromatic heterocycles. The van der Waals surface area contributed by atoms with Crippen LogP contribution in [-0.4, -0.2) is 53.7 Å². The van der Waals surface area contributed by atoms with Crippen LogP contribution in [0.3, 0.4) is 0 Å².